The Bertz CT molecular complexity index is 1080. The van der Waals surface area contributed by atoms with Crippen LogP contribution in [0.3, 0.4) is 0 Å². The fourth-order valence-electron chi connectivity index (χ4n) is 2.94. The number of Topliss-reactive ketones (excluding diaryl/α,β-unsaturated/α-hetero) is 1. The molecule has 0 radical (unpaired) electrons. The Morgan fingerprint density at radius 2 is 1.67 bits per heavy atom. The summed E-state index contributed by atoms with van der Waals surface area (Å²) in [4.78, 5) is 25.6. The van der Waals surface area contributed by atoms with Crippen molar-refractivity contribution >= 4 is 29.1 Å². The molecule has 1 heterocycles. The maximum atomic E-state index is 12.8. The fourth-order valence-corrected chi connectivity index (χ4v) is 3.71. The van der Waals surface area contributed by atoms with Crippen LogP contribution in [0.15, 0.2) is 59.5 Å². The van der Waals surface area contributed by atoms with Gasteiger partial charge in [-0.1, -0.05) is 30.3 Å². The fraction of sp³-hybridized carbons (Fsp3) is 0.190. The van der Waals surface area contributed by atoms with E-state index in [-0.39, 0.29) is 16.1 Å². The molecule has 0 atom stereocenters. The van der Waals surface area contributed by atoms with Crippen LogP contribution in [0.1, 0.15) is 21.7 Å². The van der Waals surface area contributed by atoms with Crippen molar-refractivity contribution < 1.29 is 22.8 Å². The van der Waals surface area contributed by atoms with Crippen LogP contribution < -0.4 is 5.32 Å². The quantitative estimate of drug-likeness (QED) is 0.339. The van der Waals surface area contributed by atoms with Crippen molar-refractivity contribution in [1.82, 2.24) is 9.78 Å². The van der Waals surface area contributed by atoms with Gasteiger partial charge in [-0.2, -0.15) is 18.3 Å². The third-order valence-electron chi connectivity index (χ3n) is 4.25. The number of para-hydroxylation sites is 2. The Morgan fingerprint density at radius 3 is 2.33 bits per heavy atom. The Kier molecular flexibility index (Phi) is 6.31. The molecule has 5 nitrogen and oxygen atoms in total. The number of hydrogen-bond acceptors (Lipinski definition) is 4. The van der Waals surface area contributed by atoms with Crippen LogP contribution in [0, 0.1) is 13.8 Å². The van der Waals surface area contributed by atoms with E-state index in [1.807, 2.05) is 30.3 Å². The molecule has 30 heavy (non-hydrogen) atoms. The molecule has 0 fully saturated rings. The number of thioether (sulfide) groups is 1. The Morgan fingerprint density at radius 1 is 1.03 bits per heavy atom. The molecular weight excluding hydrogens is 415 g/mol. The maximum Gasteiger partial charge on any atom is 0.398 e. The molecule has 0 spiro atoms. The number of anilines is 1. The first-order valence-electron chi connectivity index (χ1n) is 8.93. The van der Waals surface area contributed by atoms with E-state index in [4.69, 9.17) is 0 Å². The van der Waals surface area contributed by atoms with Gasteiger partial charge < -0.3 is 5.32 Å². The lowest BCUT2D eigenvalue weighted by Gasteiger charge is -2.11. The molecule has 0 unspecified atom stereocenters. The predicted octanol–water partition coefficient (Wildman–Crippen LogP) is 4.96. The monoisotopic (exact) mass is 433 g/mol. The molecule has 2 aromatic carbocycles. The molecule has 0 aliphatic rings. The van der Waals surface area contributed by atoms with Crippen LogP contribution in [0.4, 0.5) is 18.9 Å². The van der Waals surface area contributed by atoms with Crippen molar-refractivity contribution in [3.8, 4) is 5.69 Å². The van der Waals surface area contributed by atoms with Gasteiger partial charge in [0.15, 0.2) is 0 Å². The summed E-state index contributed by atoms with van der Waals surface area (Å²) in [5.41, 5.74) is 1.94. The zero-order valence-electron chi connectivity index (χ0n) is 16.2. The minimum Gasteiger partial charge on any atom is -0.318 e. The second kappa shape index (κ2) is 8.74. The third-order valence-corrected chi connectivity index (χ3v) is 5.39. The van der Waals surface area contributed by atoms with E-state index in [0.29, 0.717) is 23.1 Å². The topological polar surface area (TPSA) is 64.0 Å². The van der Waals surface area contributed by atoms with E-state index in [0.717, 1.165) is 5.69 Å². The highest BCUT2D eigenvalue weighted by molar-refractivity contribution is 7.99. The van der Waals surface area contributed by atoms with Crippen molar-refractivity contribution in [2.24, 2.45) is 0 Å². The summed E-state index contributed by atoms with van der Waals surface area (Å²) < 4.78 is 39.2. The lowest BCUT2D eigenvalue weighted by Crippen LogP contribution is -2.24. The largest absolute Gasteiger partial charge is 0.398 e. The summed E-state index contributed by atoms with van der Waals surface area (Å²) in [5, 5.41) is 6.79. The first-order chi connectivity index (χ1) is 14.2. The van der Waals surface area contributed by atoms with Gasteiger partial charge in [0.2, 0.25) is 0 Å². The zero-order valence-corrected chi connectivity index (χ0v) is 17.0. The lowest BCUT2D eigenvalue weighted by atomic mass is 10.1. The number of aryl methyl sites for hydroxylation is 1. The van der Waals surface area contributed by atoms with E-state index < -0.39 is 23.6 Å². The van der Waals surface area contributed by atoms with E-state index in [1.54, 1.807) is 30.7 Å². The molecule has 1 N–H and O–H groups in total. The number of amides is 1. The Hall–Kier alpha value is -3.07. The molecule has 1 aromatic heterocycles. The molecule has 156 valence electrons. The minimum absolute atomic E-state index is 0.149. The van der Waals surface area contributed by atoms with Crippen molar-refractivity contribution in [3.05, 3.63) is 71.5 Å². The van der Waals surface area contributed by atoms with Crippen LogP contribution in [-0.2, 0) is 4.79 Å². The molecule has 3 aromatic rings. The summed E-state index contributed by atoms with van der Waals surface area (Å²) in [5.74, 6) is -2.84. The number of benzene rings is 2. The number of carbonyl (C=O) groups is 2. The number of nitrogens with one attached hydrogen (secondary N) is 1. The molecule has 0 aliphatic carbocycles. The lowest BCUT2D eigenvalue weighted by molar-refractivity contribution is -0.112. The average Bonchev–Trinajstić information content (AvgIpc) is 3.01. The summed E-state index contributed by atoms with van der Waals surface area (Å²) in [6, 6.07) is 15.2. The predicted molar refractivity (Wildman–Crippen MR) is 109 cm³/mol. The van der Waals surface area contributed by atoms with E-state index in [9.17, 15) is 22.8 Å². The standard InChI is InChI=1S/C21H18F3N3O2S/c1-13-18(14(2)27(26-13)15-8-4-3-5-9-15)19(28)20(29)25-16-10-6-7-11-17(16)30-12-21(22,23)24/h3-11H,12H2,1-2H3,(H,25,29). The van der Waals surface area contributed by atoms with E-state index in [2.05, 4.69) is 10.4 Å². The zero-order chi connectivity index (χ0) is 21.9. The number of halogens is 3. The highest BCUT2D eigenvalue weighted by atomic mass is 32.2. The molecule has 0 bridgehead atoms. The van der Waals surface area contributed by atoms with Crippen molar-refractivity contribution in [1.29, 1.82) is 0 Å². The molecule has 1 amide bonds. The van der Waals surface area contributed by atoms with Crippen LogP contribution in [0.2, 0.25) is 0 Å². The highest BCUT2D eigenvalue weighted by Crippen LogP contribution is 2.32. The van der Waals surface area contributed by atoms with Gasteiger partial charge in [0.1, 0.15) is 0 Å². The first kappa shape index (κ1) is 21.6. The van der Waals surface area contributed by atoms with Gasteiger partial charge in [0.25, 0.3) is 11.7 Å². The Labute approximate surface area is 175 Å². The van der Waals surface area contributed by atoms with Gasteiger partial charge in [-0.15, -0.1) is 11.8 Å². The van der Waals surface area contributed by atoms with E-state index >= 15 is 0 Å². The normalized spacial score (nSPS) is 11.4. The van der Waals surface area contributed by atoms with Gasteiger partial charge in [0.05, 0.1) is 34.1 Å². The number of nitrogens with zero attached hydrogens (tertiary/aromatic N) is 2. The van der Waals surface area contributed by atoms with Crippen LogP contribution >= 0.6 is 11.8 Å². The first-order valence-corrected chi connectivity index (χ1v) is 9.92. The van der Waals surface area contributed by atoms with Crippen molar-refractivity contribution in [3.63, 3.8) is 0 Å². The summed E-state index contributed by atoms with van der Waals surface area (Å²) in [6.07, 6.45) is -4.35. The number of hydrogen-bond donors (Lipinski definition) is 1. The number of aromatic nitrogens is 2. The summed E-state index contributed by atoms with van der Waals surface area (Å²) >= 11 is 0.544. The van der Waals surface area contributed by atoms with Gasteiger partial charge in [-0.25, -0.2) is 4.68 Å². The van der Waals surface area contributed by atoms with E-state index in [1.165, 1.54) is 12.1 Å². The Balaban J connectivity index is 1.83. The highest BCUT2D eigenvalue weighted by Gasteiger charge is 2.29. The summed E-state index contributed by atoms with van der Waals surface area (Å²) in [6.45, 7) is 3.31. The second-order valence-corrected chi connectivity index (χ2v) is 7.49. The maximum absolute atomic E-state index is 12.8. The molecular formula is C21H18F3N3O2S. The van der Waals surface area contributed by atoms with Crippen molar-refractivity contribution in [2.75, 3.05) is 11.1 Å². The second-order valence-electron chi connectivity index (χ2n) is 6.48. The minimum atomic E-state index is -4.35. The number of carbonyl (C=O) groups excluding carboxylic acids is 2. The van der Waals surface area contributed by atoms with Gasteiger partial charge >= 0.3 is 6.18 Å². The number of alkyl halides is 3. The number of rotatable bonds is 6. The SMILES string of the molecule is Cc1nn(-c2ccccc2)c(C)c1C(=O)C(=O)Nc1ccccc1SCC(F)(F)F. The molecule has 9 heteroatoms. The van der Waals surface area contributed by atoms with Crippen LogP contribution in [0.25, 0.3) is 5.69 Å². The third kappa shape index (κ3) is 4.91. The van der Waals surface area contributed by atoms with Gasteiger partial charge in [-0.05, 0) is 38.1 Å². The summed E-state index contributed by atoms with van der Waals surface area (Å²) in [7, 11) is 0. The van der Waals surface area contributed by atoms with Gasteiger partial charge in [0, 0.05) is 4.90 Å². The number of ketones is 1. The molecule has 0 saturated heterocycles. The van der Waals surface area contributed by atoms with Crippen LogP contribution in [0.5, 0.6) is 0 Å². The molecule has 0 aliphatic heterocycles. The van der Waals surface area contributed by atoms with Crippen molar-refractivity contribution in [2.45, 2.75) is 24.9 Å². The van der Waals surface area contributed by atoms with Crippen LogP contribution in [-0.4, -0.2) is 33.4 Å². The molecule has 0 saturated carbocycles. The average molecular weight is 433 g/mol. The smallest absolute Gasteiger partial charge is 0.318 e. The molecule has 3 rings (SSSR count). The van der Waals surface area contributed by atoms with Gasteiger partial charge in [-0.3, -0.25) is 9.59 Å².